The lowest BCUT2D eigenvalue weighted by Crippen LogP contribution is -2.33. The monoisotopic (exact) mass is 495 g/mol. The van der Waals surface area contributed by atoms with Crippen LogP contribution in [-0.4, -0.2) is 18.2 Å². The van der Waals surface area contributed by atoms with Gasteiger partial charge in [-0.3, -0.25) is 9.69 Å². The Hall–Kier alpha value is -3.16. The Morgan fingerprint density at radius 1 is 1.03 bits per heavy atom. The highest BCUT2D eigenvalue weighted by Crippen LogP contribution is 2.33. The van der Waals surface area contributed by atoms with Gasteiger partial charge >= 0.3 is 0 Å². The topological polar surface area (TPSA) is 51.9 Å². The Bertz CT molecular complexity index is 1340. The summed E-state index contributed by atoms with van der Waals surface area (Å²) in [6.45, 7) is 1.75. The summed E-state index contributed by atoms with van der Waals surface area (Å²) in [5.41, 5.74) is 2.14. The van der Waals surface area contributed by atoms with Gasteiger partial charge in [-0.25, -0.2) is 4.39 Å². The third kappa shape index (κ3) is 4.13. The summed E-state index contributed by atoms with van der Waals surface area (Å²) >= 11 is 3.42. The smallest absolute Gasteiger partial charge is 0.235 e. The summed E-state index contributed by atoms with van der Waals surface area (Å²) in [5, 5.41) is 0.442. The summed E-state index contributed by atoms with van der Waals surface area (Å²) in [7, 11) is 0. The number of hydrogen-bond acceptors (Lipinski definition) is 5. The van der Waals surface area contributed by atoms with Crippen molar-refractivity contribution in [3.63, 3.8) is 0 Å². The van der Waals surface area contributed by atoms with E-state index in [4.69, 9.17) is 13.9 Å². The number of fused-ring (bicyclic) bond motifs is 3. The van der Waals surface area contributed by atoms with Crippen LogP contribution in [-0.2, 0) is 13.0 Å². The Morgan fingerprint density at radius 2 is 1.84 bits per heavy atom. The van der Waals surface area contributed by atoms with E-state index in [-0.39, 0.29) is 17.0 Å². The van der Waals surface area contributed by atoms with E-state index in [2.05, 4.69) is 20.8 Å². The molecule has 5 nitrogen and oxygen atoms in total. The van der Waals surface area contributed by atoms with Crippen LogP contribution in [0.2, 0.25) is 0 Å². The molecule has 0 bridgehead atoms. The number of rotatable bonds is 5. The first-order valence-electron chi connectivity index (χ1n) is 10.2. The second-order valence-electron chi connectivity index (χ2n) is 7.58. The molecular formula is C25H19BrFNO4. The van der Waals surface area contributed by atoms with Crippen molar-refractivity contribution in [3.8, 4) is 17.2 Å². The van der Waals surface area contributed by atoms with E-state index < -0.39 is 0 Å². The van der Waals surface area contributed by atoms with Crippen LogP contribution in [0.15, 0.2) is 80.6 Å². The second kappa shape index (κ2) is 8.76. The molecule has 0 radical (unpaired) electrons. The average Bonchev–Trinajstić information content (AvgIpc) is 2.81. The molecule has 4 aromatic rings. The molecule has 1 aliphatic heterocycles. The van der Waals surface area contributed by atoms with E-state index in [1.807, 2.05) is 18.2 Å². The van der Waals surface area contributed by atoms with E-state index in [9.17, 15) is 9.18 Å². The van der Waals surface area contributed by atoms with E-state index >= 15 is 0 Å². The van der Waals surface area contributed by atoms with Gasteiger partial charge < -0.3 is 13.9 Å². The zero-order chi connectivity index (χ0) is 22.1. The van der Waals surface area contributed by atoms with E-state index in [0.717, 1.165) is 28.6 Å². The molecule has 0 atom stereocenters. The molecule has 0 amide bonds. The van der Waals surface area contributed by atoms with Crippen molar-refractivity contribution < 1.29 is 18.3 Å². The minimum absolute atomic E-state index is 0.120. The number of nitrogens with zero attached hydrogens (tertiary/aromatic N) is 1. The Balaban J connectivity index is 1.40. The van der Waals surface area contributed by atoms with Crippen LogP contribution < -0.4 is 14.9 Å². The van der Waals surface area contributed by atoms with Crippen molar-refractivity contribution in [1.29, 1.82) is 0 Å². The highest BCUT2D eigenvalue weighted by atomic mass is 79.9. The molecule has 0 spiro atoms. The molecule has 0 aliphatic carbocycles. The summed E-state index contributed by atoms with van der Waals surface area (Å²) < 4.78 is 31.4. The van der Waals surface area contributed by atoms with Crippen LogP contribution >= 0.6 is 15.9 Å². The molecule has 3 aromatic carbocycles. The van der Waals surface area contributed by atoms with Crippen LogP contribution in [0.5, 0.6) is 17.2 Å². The minimum atomic E-state index is -0.242. The molecule has 32 heavy (non-hydrogen) atoms. The fraction of sp³-hybridized carbons (Fsp3) is 0.160. The Morgan fingerprint density at radius 3 is 2.66 bits per heavy atom. The van der Waals surface area contributed by atoms with Gasteiger partial charge in [0.2, 0.25) is 11.2 Å². The van der Waals surface area contributed by atoms with Gasteiger partial charge in [-0.05, 0) is 64.3 Å². The molecule has 1 aromatic heterocycles. The van der Waals surface area contributed by atoms with E-state index in [0.29, 0.717) is 35.7 Å². The maximum Gasteiger partial charge on any atom is 0.235 e. The number of para-hydroxylation sites is 1. The molecule has 0 saturated carbocycles. The van der Waals surface area contributed by atoms with Gasteiger partial charge in [0.25, 0.3) is 0 Å². The van der Waals surface area contributed by atoms with Gasteiger partial charge in [0.15, 0.2) is 0 Å². The number of hydrogen-bond donors (Lipinski definition) is 0. The quantitative estimate of drug-likeness (QED) is 0.346. The highest BCUT2D eigenvalue weighted by Gasteiger charge is 2.23. The van der Waals surface area contributed by atoms with Crippen LogP contribution in [0.4, 0.5) is 4.39 Å². The predicted octanol–water partition coefficient (Wildman–Crippen LogP) is 5.88. The summed E-state index contributed by atoms with van der Waals surface area (Å²) in [6, 6.07) is 17.3. The van der Waals surface area contributed by atoms with Crippen LogP contribution in [0, 0.1) is 5.82 Å². The fourth-order valence-electron chi connectivity index (χ4n) is 3.74. The zero-order valence-electron chi connectivity index (χ0n) is 17.0. The van der Waals surface area contributed by atoms with Crippen LogP contribution in [0.3, 0.4) is 0 Å². The van der Waals surface area contributed by atoms with Gasteiger partial charge in [-0.2, -0.15) is 0 Å². The summed E-state index contributed by atoms with van der Waals surface area (Å²) in [4.78, 5) is 15.2. The van der Waals surface area contributed by atoms with Crippen LogP contribution in [0.1, 0.15) is 11.1 Å². The maximum atomic E-state index is 13.1. The lowest BCUT2D eigenvalue weighted by atomic mass is 10.1. The van der Waals surface area contributed by atoms with Gasteiger partial charge in [-0.1, -0.05) is 24.3 Å². The largest absolute Gasteiger partial charge is 0.478 e. The van der Waals surface area contributed by atoms with Crippen molar-refractivity contribution >= 4 is 26.9 Å². The molecule has 5 rings (SSSR count). The molecule has 0 saturated heterocycles. The molecule has 7 heteroatoms. The van der Waals surface area contributed by atoms with Crippen LogP contribution in [0.25, 0.3) is 11.0 Å². The van der Waals surface area contributed by atoms with Crippen molar-refractivity contribution in [1.82, 2.24) is 4.90 Å². The third-order valence-corrected chi connectivity index (χ3v) is 6.10. The molecule has 0 unspecified atom stereocenters. The zero-order valence-corrected chi connectivity index (χ0v) is 18.6. The molecule has 2 heterocycles. The Labute approximate surface area is 192 Å². The van der Waals surface area contributed by atoms with Crippen molar-refractivity contribution in [3.05, 3.63) is 98.6 Å². The van der Waals surface area contributed by atoms with Gasteiger partial charge in [0, 0.05) is 13.1 Å². The first-order valence-corrected chi connectivity index (χ1v) is 11.0. The maximum absolute atomic E-state index is 13.1. The predicted molar refractivity (Wildman–Crippen MR) is 123 cm³/mol. The molecular weight excluding hydrogens is 477 g/mol. The SMILES string of the molecule is O=c1c(Oc2ccccc2Br)coc2c3c(ccc12)OCN(CCc1ccc(F)cc1)C3. The lowest BCUT2D eigenvalue weighted by molar-refractivity contribution is 0.0968. The third-order valence-electron chi connectivity index (χ3n) is 5.44. The first-order chi connectivity index (χ1) is 15.6. The number of halogens is 2. The van der Waals surface area contributed by atoms with Crippen molar-refractivity contribution in [2.45, 2.75) is 13.0 Å². The van der Waals surface area contributed by atoms with Crippen molar-refractivity contribution in [2.75, 3.05) is 13.3 Å². The fourth-order valence-corrected chi connectivity index (χ4v) is 4.10. The molecule has 162 valence electrons. The minimum Gasteiger partial charge on any atom is -0.478 e. The van der Waals surface area contributed by atoms with Gasteiger partial charge in [0.1, 0.15) is 35.9 Å². The second-order valence-corrected chi connectivity index (χ2v) is 8.44. The first kappa shape index (κ1) is 20.7. The Kier molecular flexibility index (Phi) is 5.68. The highest BCUT2D eigenvalue weighted by molar-refractivity contribution is 9.10. The molecule has 1 aliphatic rings. The lowest BCUT2D eigenvalue weighted by Gasteiger charge is -2.29. The molecule has 0 fully saturated rings. The van der Waals surface area contributed by atoms with E-state index in [1.54, 1.807) is 30.3 Å². The van der Waals surface area contributed by atoms with E-state index in [1.165, 1.54) is 18.4 Å². The summed E-state index contributed by atoms with van der Waals surface area (Å²) in [6.07, 6.45) is 2.11. The normalized spacial score (nSPS) is 13.6. The number of ether oxygens (including phenoxy) is 2. The van der Waals surface area contributed by atoms with Gasteiger partial charge in [0.05, 0.1) is 15.4 Å². The standard InChI is InChI=1S/C25H19BrFNO4/c26-20-3-1-2-4-22(20)32-23-14-30-25-18(24(23)29)9-10-21-19(25)13-28(15-31-21)12-11-16-5-7-17(27)8-6-16/h1-10,14H,11-13,15H2. The number of benzene rings is 3. The molecule has 0 N–H and O–H groups in total. The van der Waals surface area contributed by atoms with Gasteiger partial charge in [-0.15, -0.1) is 0 Å². The summed E-state index contributed by atoms with van der Waals surface area (Å²) in [5.74, 6) is 1.12. The average molecular weight is 496 g/mol. The van der Waals surface area contributed by atoms with Crippen molar-refractivity contribution in [2.24, 2.45) is 0 Å².